The minimum Gasteiger partial charge on any atom is -0.379 e. The number of anilines is 1. The van der Waals surface area contributed by atoms with Crippen molar-refractivity contribution in [2.24, 2.45) is 0 Å². The maximum atomic E-state index is 13.5. The summed E-state index contributed by atoms with van der Waals surface area (Å²) in [5, 5.41) is 1.67. The molecule has 4 aromatic heterocycles. The number of ether oxygens (including phenoxy) is 2. The molecule has 0 bridgehead atoms. The average molecular weight is 633 g/mol. The van der Waals surface area contributed by atoms with E-state index in [9.17, 15) is 8.42 Å². The molecular formula is C30H32N8O4S2. The number of aromatic nitrogens is 5. The lowest BCUT2D eigenvalue weighted by Gasteiger charge is -2.44. The minimum absolute atomic E-state index is 0.0756. The Morgan fingerprint density at radius 1 is 0.818 bits per heavy atom. The number of morpholine rings is 2. The Bertz CT molecular complexity index is 1910. The van der Waals surface area contributed by atoms with Gasteiger partial charge in [0.2, 0.25) is 0 Å². The van der Waals surface area contributed by atoms with E-state index in [0.717, 1.165) is 47.4 Å². The maximum Gasteiger partial charge on any atom is 0.268 e. The highest BCUT2D eigenvalue weighted by Gasteiger charge is 2.35. The van der Waals surface area contributed by atoms with Crippen LogP contribution in [0.5, 0.6) is 0 Å². The van der Waals surface area contributed by atoms with Crippen LogP contribution in [0, 0.1) is 0 Å². The maximum absolute atomic E-state index is 13.5. The Morgan fingerprint density at radius 2 is 1.55 bits per heavy atom. The van der Waals surface area contributed by atoms with E-state index in [-0.39, 0.29) is 11.1 Å². The van der Waals surface area contributed by atoms with Crippen molar-refractivity contribution in [3.63, 3.8) is 0 Å². The van der Waals surface area contributed by atoms with E-state index < -0.39 is 10.0 Å². The summed E-state index contributed by atoms with van der Waals surface area (Å²) < 4.78 is 39.7. The molecule has 7 heterocycles. The van der Waals surface area contributed by atoms with Crippen LogP contribution in [0.15, 0.2) is 59.8 Å². The second-order valence-corrected chi connectivity index (χ2v) is 13.9. The number of thiazole rings is 1. The van der Waals surface area contributed by atoms with Crippen LogP contribution in [0.2, 0.25) is 0 Å². The molecule has 3 saturated heterocycles. The van der Waals surface area contributed by atoms with Crippen molar-refractivity contribution in [1.82, 2.24) is 33.7 Å². The largest absolute Gasteiger partial charge is 0.379 e. The summed E-state index contributed by atoms with van der Waals surface area (Å²) in [6, 6.07) is 11.9. The van der Waals surface area contributed by atoms with Crippen LogP contribution in [0.4, 0.5) is 5.82 Å². The third-order valence-corrected chi connectivity index (χ3v) is 11.2. The fraction of sp³-hybridized carbons (Fsp3) is 0.400. The Hall–Kier alpha value is -3.53. The summed E-state index contributed by atoms with van der Waals surface area (Å²) in [4.78, 5) is 28.2. The second kappa shape index (κ2) is 11.4. The summed E-state index contributed by atoms with van der Waals surface area (Å²) in [6.45, 7) is 7.84. The van der Waals surface area contributed by atoms with Gasteiger partial charge in [0.25, 0.3) is 10.0 Å². The molecule has 5 aromatic rings. The molecule has 228 valence electrons. The quantitative estimate of drug-likeness (QED) is 0.263. The Balaban J connectivity index is 1.26. The van der Waals surface area contributed by atoms with Gasteiger partial charge in [-0.05, 0) is 30.7 Å². The van der Waals surface area contributed by atoms with Gasteiger partial charge in [0.1, 0.15) is 27.2 Å². The number of hydrogen-bond acceptors (Lipinski definition) is 12. The van der Waals surface area contributed by atoms with E-state index in [0.29, 0.717) is 61.9 Å². The van der Waals surface area contributed by atoms with Gasteiger partial charge in [-0.1, -0.05) is 29.5 Å². The monoisotopic (exact) mass is 632 g/mol. The molecular weight excluding hydrogens is 601 g/mol. The molecule has 0 amide bonds. The van der Waals surface area contributed by atoms with E-state index >= 15 is 0 Å². The number of benzene rings is 1. The van der Waals surface area contributed by atoms with Crippen LogP contribution in [0.3, 0.4) is 0 Å². The molecule has 0 radical (unpaired) electrons. The number of pyridine rings is 1. The summed E-state index contributed by atoms with van der Waals surface area (Å²) in [5.74, 6) is 1.21. The molecule has 0 spiro atoms. The first-order valence-electron chi connectivity index (χ1n) is 14.9. The van der Waals surface area contributed by atoms with Crippen molar-refractivity contribution in [3.05, 3.63) is 59.9 Å². The molecule has 3 fully saturated rings. The van der Waals surface area contributed by atoms with E-state index in [4.69, 9.17) is 24.4 Å². The van der Waals surface area contributed by atoms with E-state index in [1.54, 1.807) is 66.2 Å². The smallest absolute Gasteiger partial charge is 0.268 e. The first-order chi connectivity index (χ1) is 21.6. The number of hydrogen-bond donors (Lipinski definition) is 0. The van der Waals surface area contributed by atoms with Crippen molar-refractivity contribution in [2.75, 3.05) is 70.6 Å². The van der Waals surface area contributed by atoms with Crippen LogP contribution < -0.4 is 4.90 Å². The highest BCUT2D eigenvalue weighted by molar-refractivity contribution is 7.90. The lowest BCUT2D eigenvalue weighted by Crippen LogP contribution is -2.51. The zero-order valence-corrected chi connectivity index (χ0v) is 25.7. The van der Waals surface area contributed by atoms with E-state index in [1.165, 1.54) is 10.4 Å². The minimum atomic E-state index is -3.80. The van der Waals surface area contributed by atoms with Crippen molar-refractivity contribution in [3.8, 4) is 11.5 Å². The van der Waals surface area contributed by atoms with Gasteiger partial charge >= 0.3 is 0 Å². The molecule has 12 nitrogen and oxygen atoms in total. The van der Waals surface area contributed by atoms with Crippen LogP contribution in [0.1, 0.15) is 17.6 Å². The van der Waals surface area contributed by atoms with Gasteiger partial charge in [-0.25, -0.2) is 27.3 Å². The van der Waals surface area contributed by atoms with Crippen molar-refractivity contribution in [2.45, 2.75) is 17.5 Å². The molecule has 8 rings (SSSR count). The lowest BCUT2D eigenvalue weighted by atomic mass is 10.2. The van der Waals surface area contributed by atoms with Gasteiger partial charge in [0.15, 0.2) is 11.6 Å². The summed E-state index contributed by atoms with van der Waals surface area (Å²) in [6.07, 6.45) is 4.45. The highest BCUT2D eigenvalue weighted by atomic mass is 32.2. The fourth-order valence-corrected chi connectivity index (χ4v) is 8.59. The van der Waals surface area contributed by atoms with E-state index in [1.807, 2.05) is 0 Å². The Morgan fingerprint density at radius 3 is 2.27 bits per heavy atom. The highest BCUT2D eigenvalue weighted by Crippen LogP contribution is 2.38. The van der Waals surface area contributed by atoms with Gasteiger partial charge in [-0.3, -0.25) is 14.8 Å². The normalized spacial score (nSPS) is 19.4. The molecule has 44 heavy (non-hydrogen) atoms. The van der Waals surface area contributed by atoms with Crippen LogP contribution >= 0.6 is 11.3 Å². The zero-order chi connectivity index (χ0) is 29.7. The average Bonchev–Trinajstić information content (AvgIpc) is 3.68. The topological polar surface area (TPSA) is 119 Å². The van der Waals surface area contributed by atoms with Crippen LogP contribution in [0.25, 0.3) is 32.8 Å². The van der Waals surface area contributed by atoms with Crippen molar-refractivity contribution < 1.29 is 17.9 Å². The number of fused-ring (bicyclic) bond motifs is 2. The lowest BCUT2D eigenvalue weighted by molar-refractivity contribution is -0.0546. The van der Waals surface area contributed by atoms with Crippen molar-refractivity contribution in [1.29, 1.82) is 0 Å². The third kappa shape index (κ3) is 4.86. The predicted octanol–water partition coefficient (Wildman–Crippen LogP) is 3.21. The first-order valence-corrected chi connectivity index (χ1v) is 17.2. The molecule has 14 heteroatoms. The molecule has 0 N–H and O–H groups in total. The number of rotatable bonds is 7. The van der Waals surface area contributed by atoms with Gasteiger partial charge in [-0.2, -0.15) is 0 Å². The second-order valence-electron chi connectivity index (χ2n) is 11.1. The van der Waals surface area contributed by atoms with Crippen LogP contribution in [-0.2, 0) is 19.5 Å². The Kier molecular flexibility index (Phi) is 7.27. The zero-order valence-electron chi connectivity index (χ0n) is 24.1. The predicted molar refractivity (Wildman–Crippen MR) is 167 cm³/mol. The first kappa shape index (κ1) is 28.0. The molecule has 3 aliphatic heterocycles. The molecule has 0 saturated carbocycles. The van der Waals surface area contributed by atoms with E-state index in [2.05, 4.69) is 19.7 Å². The van der Waals surface area contributed by atoms with Crippen molar-refractivity contribution >= 4 is 48.4 Å². The SMILES string of the molecule is O=S(=O)(c1ccccc1)n1ccc2c(-c3nc(N4CCOCC4)c4nc(C(N5CCC5)N5CCOCC5)sc4n3)nccc21. The number of likely N-dealkylation sites (tertiary alicyclic amines) is 1. The standard InChI is InChI=1S/C30H32N8O4S2/c39-44(40,21-5-2-1-3-6-21)38-12-8-22-23(38)7-9-31-24(22)26-33-27(35-13-17-41-18-14-35)25-28(34-26)43-29(32-25)30(36-10-4-11-36)37-15-19-42-20-16-37/h1-3,5-9,12,30H,4,10-11,13-20H2. The molecule has 1 atom stereocenters. The molecule has 1 aromatic carbocycles. The van der Waals surface area contributed by atoms with Gasteiger partial charge in [-0.15, -0.1) is 0 Å². The molecule has 3 aliphatic rings. The van der Waals surface area contributed by atoms with Gasteiger partial charge in [0.05, 0.1) is 36.8 Å². The summed E-state index contributed by atoms with van der Waals surface area (Å²) in [7, 11) is -3.80. The number of nitrogens with zero attached hydrogens (tertiary/aromatic N) is 8. The van der Waals surface area contributed by atoms with Gasteiger partial charge in [0, 0.05) is 57.0 Å². The molecule has 0 aliphatic carbocycles. The Labute approximate surface area is 258 Å². The molecule has 1 unspecified atom stereocenters. The summed E-state index contributed by atoms with van der Waals surface area (Å²) >= 11 is 1.60. The van der Waals surface area contributed by atoms with Crippen LogP contribution in [-0.4, -0.2) is 108 Å². The van der Waals surface area contributed by atoms with Gasteiger partial charge < -0.3 is 14.4 Å². The third-order valence-electron chi connectivity index (χ3n) is 8.51. The summed E-state index contributed by atoms with van der Waals surface area (Å²) in [5.41, 5.74) is 1.83. The fourth-order valence-electron chi connectivity index (χ4n) is 6.12.